The van der Waals surface area contributed by atoms with Gasteiger partial charge in [0.05, 0.1) is 11.5 Å². The fraction of sp³-hybridized carbons (Fsp3) is 0.143. The Labute approximate surface area is 127 Å². The van der Waals surface area contributed by atoms with Crippen LogP contribution in [0.25, 0.3) is 0 Å². The summed E-state index contributed by atoms with van der Waals surface area (Å²) in [5.41, 5.74) is 5.52. The molecule has 0 radical (unpaired) electrons. The first-order valence-electron chi connectivity index (χ1n) is 5.98. The van der Waals surface area contributed by atoms with Crippen molar-refractivity contribution in [3.05, 3.63) is 61.8 Å². The summed E-state index contributed by atoms with van der Waals surface area (Å²) < 4.78 is 16.4. The van der Waals surface area contributed by atoms with Crippen LogP contribution in [-0.2, 0) is 0 Å². The van der Waals surface area contributed by atoms with Gasteiger partial charge in [-0.05, 0) is 35.0 Å². The summed E-state index contributed by atoms with van der Waals surface area (Å²) in [6, 6.07) is 6.86. The van der Waals surface area contributed by atoms with Crippen LogP contribution in [0.1, 0.15) is 23.0 Å². The SMILES string of the molecule is Cc1cc2c(c(=O)o1)[C@H](c1ccc(Br)o1)C(C#N)=C(N)O2. The Balaban J connectivity index is 2.31. The van der Waals surface area contributed by atoms with Crippen molar-refractivity contribution >= 4 is 15.9 Å². The van der Waals surface area contributed by atoms with Gasteiger partial charge in [-0.1, -0.05) is 0 Å². The first-order valence-corrected chi connectivity index (χ1v) is 6.78. The van der Waals surface area contributed by atoms with Crippen molar-refractivity contribution in [2.24, 2.45) is 5.73 Å². The van der Waals surface area contributed by atoms with Gasteiger partial charge in [-0.3, -0.25) is 0 Å². The first kappa shape index (κ1) is 13.5. The number of fused-ring (bicyclic) bond motifs is 1. The maximum absolute atomic E-state index is 12.2. The lowest BCUT2D eigenvalue weighted by molar-refractivity contribution is 0.361. The lowest BCUT2D eigenvalue weighted by Gasteiger charge is -2.23. The van der Waals surface area contributed by atoms with Crippen molar-refractivity contribution < 1.29 is 13.6 Å². The Morgan fingerprint density at radius 2 is 2.14 bits per heavy atom. The Bertz CT molecular complexity index is 857. The van der Waals surface area contributed by atoms with E-state index < -0.39 is 11.5 Å². The van der Waals surface area contributed by atoms with Crippen LogP contribution in [0.15, 0.2) is 48.0 Å². The summed E-state index contributed by atoms with van der Waals surface area (Å²) in [4.78, 5) is 12.2. The number of furan rings is 1. The highest BCUT2D eigenvalue weighted by Crippen LogP contribution is 2.41. The molecule has 2 N–H and O–H groups in total. The second-order valence-corrected chi connectivity index (χ2v) is 5.27. The summed E-state index contributed by atoms with van der Waals surface area (Å²) in [7, 11) is 0. The summed E-state index contributed by atoms with van der Waals surface area (Å²) in [5, 5.41) is 9.32. The topological polar surface area (TPSA) is 102 Å². The quantitative estimate of drug-likeness (QED) is 0.849. The first-order chi connectivity index (χ1) is 10.0. The normalized spacial score (nSPS) is 17.1. The number of rotatable bonds is 1. The molecular formula is C14H9BrN2O4. The number of nitriles is 1. The van der Waals surface area contributed by atoms with E-state index in [0.29, 0.717) is 16.2 Å². The zero-order valence-electron chi connectivity index (χ0n) is 10.8. The van der Waals surface area contributed by atoms with Gasteiger partial charge in [0.2, 0.25) is 5.88 Å². The zero-order valence-corrected chi connectivity index (χ0v) is 12.4. The number of hydrogen-bond acceptors (Lipinski definition) is 6. The third-order valence-corrected chi connectivity index (χ3v) is 3.56. The van der Waals surface area contributed by atoms with E-state index in [4.69, 9.17) is 19.3 Å². The van der Waals surface area contributed by atoms with Gasteiger partial charge in [-0.25, -0.2) is 4.79 Å². The van der Waals surface area contributed by atoms with Gasteiger partial charge in [-0.15, -0.1) is 0 Å². The van der Waals surface area contributed by atoms with Crippen LogP contribution in [0, 0.1) is 18.3 Å². The van der Waals surface area contributed by atoms with Crippen molar-refractivity contribution in [2.45, 2.75) is 12.8 Å². The van der Waals surface area contributed by atoms with Crippen LogP contribution in [0.5, 0.6) is 5.75 Å². The largest absolute Gasteiger partial charge is 0.453 e. The molecule has 1 aliphatic rings. The molecule has 0 unspecified atom stereocenters. The Kier molecular flexibility index (Phi) is 3.11. The average molecular weight is 349 g/mol. The van der Waals surface area contributed by atoms with Gasteiger partial charge >= 0.3 is 5.63 Å². The molecule has 0 bridgehead atoms. The third-order valence-electron chi connectivity index (χ3n) is 3.14. The fourth-order valence-electron chi connectivity index (χ4n) is 2.29. The number of aryl methyl sites for hydroxylation is 1. The maximum Gasteiger partial charge on any atom is 0.344 e. The average Bonchev–Trinajstić information content (AvgIpc) is 2.83. The minimum Gasteiger partial charge on any atom is -0.453 e. The van der Waals surface area contributed by atoms with Gasteiger partial charge in [0.25, 0.3) is 0 Å². The smallest absolute Gasteiger partial charge is 0.344 e. The van der Waals surface area contributed by atoms with E-state index in [0.717, 1.165) is 0 Å². The molecule has 0 amide bonds. The standard InChI is InChI=1S/C14H9BrN2O4/c1-6-4-9-12(14(18)19-6)11(7(5-16)13(17)21-9)8-2-3-10(15)20-8/h2-4,11H,17H2,1H3/t11-/m0/s1. The van der Waals surface area contributed by atoms with E-state index >= 15 is 0 Å². The zero-order chi connectivity index (χ0) is 15.1. The van der Waals surface area contributed by atoms with E-state index in [1.807, 2.05) is 6.07 Å². The fourth-order valence-corrected chi connectivity index (χ4v) is 2.60. The van der Waals surface area contributed by atoms with Crippen molar-refractivity contribution in [2.75, 3.05) is 0 Å². The molecule has 2 aromatic heterocycles. The highest BCUT2D eigenvalue weighted by Gasteiger charge is 2.36. The molecule has 106 valence electrons. The predicted molar refractivity (Wildman–Crippen MR) is 75.4 cm³/mol. The van der Waals surface area contributed by atoms with E-state index in [1.54, 1.807) is 25.1 Å². The van der Waals surface area contributed by atoms with Crippen LogP contribution in [-0.4, -0.2) is 0 Å². The van der Waals surface area contributed by atoms with Crippen LogP contribution >= 0.6 is 15.9 Å². The molecule has 2 aromatic rings. The summed E-state index contributed by atoms with van der Waals surface area (Å²) in [6.45, 7) is 1.63. The molecule has 3 heterocycles. The van der Waals surface area contributed by atoms with E-state index in [2.05, 4.69) is 15.9 Å². The van der Waals surface area contributed by atoms with Crippen molar-refractivity contribution in [1.82, 2.24) is 0 Å². The van der Waals surface area contributed by atoms with Crippen LogP contribution < -0.4 is 16.1 Å². The number of allylic oxidation sites excluding steroid dienone is 1. The Hall–Kier alpha value is -2.46. The Morgan fingerprint density at radius 1 is 1.38 bits per heavy atom. The number of hydrogen-bond donors (Lipinski definition) is 1. The molecule has 1 atom stereocenters. The highest BCUT2D eigenvalue weighted by atomic mass is 79.9. The molecule has 3 rings (SSSR count). The monoisotopic (exact) mass is 348 g/mol. The second kappa shape index (κ2) is 4.82. The molecule has 0 saturated carbocycles. The van der Waals surface area contributed by atoms with Crippen molar-refractivity contribution in [3.8, 4) is 11.8 Å². The molecule has 0 aliphatic carbocycles. The molecule has 0 saturated heterocycles. The second-order valence-electron chi connectivity index (χ2n) is 4.49. The molecule has 1 aliphatic heterocycles. The third kappa shape index (κ3) is 2.14. The molecule has 21 heavy (non-hydrogen) atoms. The lowest BCUT2D eigenvalue weighted by atomic mass is 9.88. The molecule has 0 spiro atoms. The van der Waals surface area contributed by atoms with Gasteiger partial charge in [0, 0.05) is 6.07 Å². The van der Waals surface area contributed by atoms with Gasteiger partial charge in [0.1, 0.15) is 28.9 Å². The molecular weight excluding hydrogens is 340 g/mol. The Morgan fingerprint density at radius 3 is 2.76 bits per heavy atom. The van der Waals surface area contributed by atoms with Crippen LogP contribution in [0.2, 0.25) is 0 Å². The summed E-state index contributed by atoms with van der Waals surface area (Å²) in [5.74, 6) is 0.278. The lowest BCUT2D eigenvalue weighted by Crippen LogP contribution is -2.26. The van der Waals surface area contributed by atoms with E-state index in [1.165, 1.54) is 0 Å². The number of nitrogens with two attached hydrogens (primary N) is 1. The molecule has 7 heteroatoms. The van der Waals surface area contributed by atoms with Crippen molar-refractivity contribution in [3.63, 3.8) is 0 Å². The number of nitrogens with zero attached hydrogens (tertiary/aromatic N) is 1. The highest BCUT2D eigenvalue weighted by molar-refractivity contribution is 9.10. The predicted octanol–water partition coefficient (Wildman–Crippen LogP) is 2.52. The minimum atomic E-state index is -0.748. The summed E-state index contributed by atoms with van der Waals surface area (Å²) >= 11 is 3.20. The number of ether oxygens (including phenoxy) is 1. The van der Waals surface area contributed by atoms with E-state index in [-0.39, 0.29) is 22.8 Å². The number of halogens is 1. The van der Waals surface area contributed by atoms with Gasteiger partial charge in [0.15, 0.2) is 4.67 Å². The molecule has 0 aromatic carbocycles. The maximum atomic E-state index is 12.2. The van der Waals surface area contributed by atoms with Crippen LogP contribution in [0.3, 0.4) is 0 Å². The van der Waals surface area contributed by atoms with Gasteiger partial charge in [-0.2, -0.15) is 5.26 Å². The van der Waals surface area contributed by atoms with Crippen LogP contribution in [0.4, 0.5) is 0 Å². The van der Waals surface area contributed by atoms with E-state index in [9.17, 15) is 10.1 Å². The molecule has 6 nitrogen and oxygen atoms in total. The summed E-state index contributed by atoms with van der Waals surface area (Å²) in [6.07, 6.45) is 0. The molecule has 0 fully saturated rings. The van der Waals surface area contributed by atoms with Crippen molar-refractivity contribution in [1.29, 1.82) is 5.26 Å². The van der Waals surface area contributed by atoms with Gasteiger partial charge < -0.3 is 19.3 Å². The minimum absolute atomic E-state index is 0.0486.